The first kappa shape index (κ1) is 16.4. The van der Waals surface area contributed by atoms with Gasteiger partial charge in [0.25, 0.3) is 0 Å². The minimum Gasteiger partial charge on any atom is -0.480 e. The SMILES string of the molecule is CC(C)NC(CCN1CCCN(C)CC1C)C(=O)O. The minimum absolute atomic E-state index is 0.203. The van der Waals surface area contributed by atoms with Crippen LogP contribution in [0.15, 0.2) is 0 Å². The maximum Gasteiger partial charge on any atom is 0.320 e. The van der Waals surface area contributed by atoms with Gasteiger partial charge in [-0.1, -0.05) is 13.8 Å². The fourth-order valence-corrected chi connectivity index (χ4v) is 2.73. The molecule has 1 aliphatic rings. The van der Waals surface area contributed by atoms with E-state index in [0.717, 1.165) is 32.6 Å². The third-order valence-corrected chi connectivity index (χ3v) is 3.72. The molecule has 1 rings (SSSR count). The number of rotatable bonds is 6. The molecule has 2 unspecified atom stereocenters. The Labute approximate surface area is 117 Å². The highest BCUT2D eigenvalue weighted by atomic mass is 16.4. The lowest BCUT2D eigenvalue weighted by atomic mass is 10.1. The lowest BCUT2D eigenvalue weighted by Crippen LogP contribution is -2.45. The van der Waals surface area contributed by atoms with E-state index >= 15 is 0 Å². The van der Waals surface area contributed by atoms with Crippen molar-refractivity contribution in [1.29, 1.82) is 0 Å². The van der Waals surface area contributed by atoms with E-state index in [1.165, 1.54) is 0 Å². The number of hydrogen-bond donors (Lipinski definition) is 2. The van der Waals surface area contributed by atoms with Gasteiger partial charge in [0.1, 0.15) is 6.04 Å². The third kappa shape index (κ3) is 5.89. The molecule has 2 atom stereocenters. The first-order chi connectivity index (χ1) is 8.90. The summed E-state index contributed by atoms with van der Waals surface area (Å²) in [6.45, 7) is 10.3. The van der Waals surface area contributed by atoms with E-state index in [1.807, 2.05) is 13.8 Å². The van der Waals surface area contributed by atoms with Crippen molar-refractivity contribution in [2.45, 2.75) is 51.7 Å². The van der Waals surface area contributed by atoms with Crippen molar-refractivity contribution in [3.63, 3.8) is 0 Å². The average Bonchev–Trinajstić information content (AvgIpc) is 2.45. The van der Waals surface area contributed by atoms with E-state index in [1.54, 1.807) is 0 Å². The number of nitrogens with zero attached hydrogens (tertiary/aromatic N) is 2. The van der Waals surface area contributed by atoms with Gasteiger partial charge < -0.3 is 15.3 Å². The zero-order chi connectivity index (χ0) is 14.4. The predicted octanol–water partition coefficient (Wildman–Crippen LogP) is 0.854. The Morgan fingerprint density at radius 1 is 1.42 bits per heavy atom. The van der Waals surface area contributed by atoms with Crippen LogP contribution in [0.4, 0.5) is 0 Å². The Hall–Kier alpha value is -0.650. The number of carboxylic acid groups (broad SMARTS) is 1. The van der Waals surface area contributed by atoms with Gasteiger partial charge in [-0.15, -0.1) is 0 Å². The van der Waals surface area contributed by atoms with Crippen molar-refractivity contribution >= 4 is 5.97 Å². The zero-order valence-electron chi connectivity index (χ0n) is 12.7. The standard InChI is InChI=1S/C14H29N3O2/c1-11(2)15-13(14(18)19)6-9-17-8-5-7-16(4)10-12(17)3/h11-13,15H,5-10H2,1-4H3,(H,18,19). The Balaban J connectivity index is 2.46. The van der Waals surface area contributed by atoms with E-state index in [2.05, 4.69) is 29.1 Å². The monoisotopic (exact) mass is 271 g/mol. The molecule has 0 aliphatic carbocycles. The molecule has 0 saturated carbocycles. The van der Waals surface area contributed by atoms with Crippen LogP contribution in [0.2, 0.25) is 0 Å². The van der Waals surface area contributed by atoms with Crippen LogP contribution in [-0.4, -0.2) is 72.2 Å². The van der Waals surface area contributed by atoms with Crippen molar-refractivity contribution in [1.82, 2.24) is 15.1 Å². The van der Waals surface area contributed by atoms with Crippen LogP contribution in [0.5, 0.6) is 0 Å². The maximum atomic E-state index is 11.2. The first-order valence-corrected chi connectivity index (χ1v) is 7.31. The quantitative estimate of drug-likeness (QED) is 0.750. The largest absolute Gasteiger partial charge is 0.480 e. The van der Waals surface area contributed by atoms with Gasteiger partial charge in [-0.3, -0.25) is 9.69 Å². The molecule has 1 saturated heterocycles. The highest BCUT2D eigenvalue weighted by Gasteiger charge is 2.23. The Kier molecular flexibility index (Phi) is 6.75. The second-order valence-corrected chi connectivity index (χ2v) is 6.00. The molecule has 0 spiro atoms. The molecule has 0 bridgehead atoms. The molecule has 0 aromatic heterocycles. The topological polar surface area (TPSA) is 55.8 Å². The average molecular weight is 271 g/mol. The van der Waals surface area contributed by atoms with Crippen molar-refractivity contribution in [2.75, 3.05) is 33.2 Å². The van der Waals surface area contributed by atoms with Gasteiger partial charge >= 0.3 is 5.97 Å². The van der Waals surface area contributed by atoms with Gasteiger partial charge in [0.05, 0.1) is 0 Å². The van der Waals surface area contributed by atoms with Gasteiger partial charge in [-0.2, -0.15) is 0 Å². The minimum atomic E-state index is -0.742. The summed E-state index contributed by atoms with van der Waals surface area (Å²) in [7, 11) is 2.15. The van der Waals surface area contributed by atoms with Crippen LogP contribution in [0.1, 0.15) is 33.6 Å². The Morgan fingerprint density at radius 3 is 2.68 bits per heavy atom. The van der Waals surface area contributed by atoms with Gasteiger partial charge in [0.15, 0.2) is 0 Å². The van der Waals surface area contributed by atoms with E-state index in [0.29, 0.717) is 12.5 Å². The van der Waals surface area contributed by atoms with E-state index in [4.69, 9.17) is 0 Å². The molecule has 0 amide bonds. The lowest BCUT2D eigenvalue weighted by Gasteiger charge is -2.29. The molecule has 0 radical (unpaired) electrons. The smallest absolute Gasteiger partial charge is 0.320 e. The van der Waals surface area contributed by atoms with E-state index in [-0.39, 0.29) is 6.04 Å². The fraction of sp³-hybridized carbons (Fsp3) is 0.929. The number of nitrogens with one attached hydrogen (secondary N) is 1. The van der Waals surface area contributed by atoms with Crippen LogP contribution in [-0.2, 0) is 4.79 Å². The molecule has 1 heterocycles. The predicted molar refractivity (Wildman–Crippen MR) is 77.5 cm³/mol. The van der Waals surface area contributed by atoms with Crippen LogP contribution < -0.4 is 5.32 Å². The molecular weight excluding hydrogens is 242 g/mol. The molecule has 1 fully saturated rings. The summed E-state index contributed by atoms with van der Waals surface area (Å²) in [5, 5.41) is 12.3. The summed E-state index contributed by atoms with van der Waals surface area (Å²) in [4.78, 5) is 16.0. The summed E-state index contributed by atoms with van der Waals surface area (Å²) in [6, 6.07) is 0.267. The molecule has 2 N–H and O–H groups in total. The van der Waals surface area contributed by atoms with Crippen molar-refractivity contribution in [3.8, 4) is 0 Å². The number of likely N-dealkylation sites (N-methyl/N-ethyl adjacent to an activating group) is 1. The second-order valence-electron chi connectivity index (χ2n) is 6.00. The molecule has 112 valence electrons. The maximum absolute atomic E-state index is 11.2. The number of carbonyl (C=O) groups is 1. The normalized spacial score (nSPS) is 24.4. The number of aliphatic carboxylic acids is 1. The molecule has 0 aromatic rings. The van der Waals surface area contributed by atoms with Gasteiger partial charge in [0.2, 0.25) is 0 Å². The van der Waals surface area contributed by atoms with E-state index in [9.17, 15) is 9.90 Å². The van der Waals surface area contributed by atoms with E-state index < -0.39 is 12.0 Å². The summed E-state index contributed by atoms with van der Waals surface area (Å²) < 4.78 is 0. The molecular formula is C14H29N3O2. The van der Waals surface area contributed by atoms with Gasteiger partial charge in [0, 0.05) is 25.2 Å². The highest BCUT2D eigenvalue weighted by Crippen LogP contribution is 2.10. The number of carboxylic acids is 1. The summed E-state index contributed by atoms with van der Waals surface area (Å²) >= 11 is 0. The van der Waals surface area contributed by atoms with Gasteiger partial charge in [-0.25, -0.2) is 0 Å². The molecule has 5 heteroatoms. The summed E-state index contributed by atoms with van der Waals surface area (Å²) in [5.41, 5.74) is 0. The first-order valence-electron chi connectivity index (χ1n) is 7.31. The lowest BCUT2D eigenvalue weighted by molar-refractivity contribution is -0.140. The Bertz CT molecular complexity index is 284. The molecule has 0 aromatic carbocycles. The molecule has 1 aliphatic heterocycles. The third-order valence-electron chi connectivity index (χ3n) is 3.72. The van der Waals surface area contributed by atoms with Crippen LogP contribution in [0.3, 0.4) is 0 Å². The molecule has 5 nitrogen and oxygen atoms in total. The highest BCUT2D eigenvalue weighted by molar-refractivity contribution is 5.73. The number of hydrogen-bond acceptors (Lipinski definition) is 4. The van der Waals surface area contributed by atoms with Crippen molar-refractivity contribution in [2.24, 2.45) is 0 Å². The van der Waals surface area contributed by atoms with Crippen LogP contribution in [0, 0.1) is 0 Å². The van der Waals surface area contributed by atoms with Crippen molar-refractivity contribution < 1.29 is 9.90 Å². The van der Waals surface area contributed by atoms with Gasteiger partial charge in [-0.05, 0) is 39.9 Å². The summed E-state index contributed by atoms with van der Waals surface area (Å²) in [6.07, 6.45) is 1.83. The zero-order valence-corrected chi connectivity index (χ0v) is 12.7. The summed E-state index contributed by atoms with van der Waals surface area (Å²) in [5.74, 6) is -0.742. The fourth-order valence-electron chi connectivity index (χ4n) is 2.73. The van der Waals surface area contributed by atoms with Crippen molar-refractivity contribution in [3.05, 3.63) is 0 Å². The Morgan fingerprint density at radius 2 is 2.11 bits per heavy atom. The van der Waals surface area contributed by atoms with Crippen LogP contribution >= 0.6 is 0 Å². The molecule has 19 heavy (non-hydrogen) atoms. The second kappa shape index (κ2) is 7.82. The van der Waals surface area contributed by atoms with Crippen LogP contribution in [0.25, 0.3) is 0 Å².